The SMILES string of the molecule is OC[C@@H](O)[C]1OC[C@@H](O)[C@H]1O. The van der Waals surface area contributed by atoms with Crippen LogP contribution in [0.5, 0.6) is 0 Å². The van der Waals surface area contributed by atoms with Crippen molar-refractivity contribution in [1.82, 2.24) is 0 Å². The molecule has 1 saturated heterocycles. The number of aliphatic hydroxyl groups excluding tert-OH is 4. The summed E-state index contributed by atoms with van der Waals surface area (Å²) < 4.78 is 4.74. The van der Waals surface area contributed by atoms with Crippen molar-refractivity contribution in [3.8, 4) is 0 Å². The first-order chi connectivity index (χ1) is 5.16. The first kappa shape index (κ1) is 8.89. The molecule has 3 atom stereocenters. The normalized spacial score (nSPS) is 36.0. The molecule has 1 fully saturated rings. The molecule has 1 aliphatic heterocycles. The van der Waals surface area contributed by atoms with Gasteiger partial charge in [0.15, 0.2) is 6.10 Å². The van der Waals surface area contributed by atoms with Gasteiger partial charge in [-0.2, -0.15) is 0 Å². The van der Waals surface area contributed by atoms with E-state index in [1.165, 1.54) is 0 Å². The Kier molecular flexibility index (Phi) is 2.80. The molecule has 65 valence electrons. The predicted molar refractivity (Wildman–Crippen MR) is 34.3 cm³/mol. The van der Waals surface area contributed by atoms with E-state index in [2.05, 4.69) is 0 Å². The van der Waals surface area contributed by atoms with E-state index in [1.54, 1.807) is 0 Å². The second-order valence-corrected chi connectivity index (χ2v) is 2.42. The van der Waals surface area contributed by atoms with Gasteiger partial charge in [-0.3, -0.25) is 0 Å². The molecule has 0 bridgehead atoms. The number of aliphatic hydroxyl groups is 4. The second kappa shape index (κ2) is 3.46. The van der Waals surface area contributed by atoms with Gasteiger partial charge >= 0.3 is 0 Å². The summed E-state index contributed by atoms with van der Waals surface area (Å²) in [6.07, 6.45) is -3.44. The van der Waals surface area contributed by atoms with Crippen molar-refractivity contribution in [2.45, 2.75) is 18.3 Å². The summed E-state index contributed by atoms with van der Waals surface area (Å²) in [5.41, 5.74) is 0. The van der Waals surface area contributed by atoms with Gasteiger partial charge in [0.2, 0.25) is 0 Å². The first-order valence-electron chi connectivity index (χ1n) is 3.31. The first-order valence-corrected chi connectivity index (χ1v) is 3.31. The van der Waals surface area contributed by atoms with E-state index in [1.807, 2.05) is 0 Å². The summed E-state index contributed by atoms with van der Waals surface area (Å²) >= 11 is 0. The fourth-order valence-electron chi connectivity index (χ4n) is 0.931. The van der Waals surface area contributed by atoms with E-state index in [-0.39, 0.29) is 12.7 Å². The lowest BCUT2D eigenvalue weighted by atomic mass is 10.1. The third-order valence-corrected chi connectivity index (χ3v) is 1.58. The van der Waals surface area contributed by atoms with E-state index in [4.69, 9.17) is 25.2 Å². The van der Waals surface area contributed by atoms with Crippen LogP contribution in [0.1, 0.15) is 0 Å². The molecule has 0 aromatic carbocycles. The van der Waals surface area contributed by atoms with Gasteiger partial charge in [-0.1, -0.05) is 0 Å². The minimum absolute atomic E-state index is 0.0342. The van der Waals surface area contributed by atoms with E-state index >= 15 is 0 Å². The molecular formula is C6H11O5. The van der Waals surface area contributed by atoms with Crippen LogP contribution in [0.3, 0.4) is 0 Å². The van der Waals surface area contributed by atoms with Gasteiger partial charge in [0.05, 0.1) is 13.2 Å². The lowest BCUT2D eigenvalue weighted by Crippen LogP contribution is -2.33. The minimum Gasteiger partial charge on any atom is -0.394 e. The van der Waals surface area contributed by atoms with Crippen LogP contribution >= 0.6 is 0 Å². The standard InChI is InChI=1S/C6H11O5/c7-1-3(8)6-5(10)4(9)2-11-6/h3-5,7-10H,1-2H2/t3-,4-,5-/m1/s1. The molecular weight excluding hydrogens is 152 g/mol. The average Bonchev–Trinajstić information content (AvgIpc) is 2.32. The summed E-state index contributed by atoms with van der Waals surface area (Å²) in [5, 5.41) is 35.4. The Bertz CT molecular complexity index is 128. The molecule has 0 unspecified atom stereocenters. The van der Waals surface area contributed by atoms with Crippen molar-refractivity contribution in [3.05, 3.63) is 6.10 Å². The van der Waals surface area contributed by atoms with Gasteiger partial charge in [0, 0.05) is 0 Å². The lowest BCUT2D eigenvalue weighted by molar-refractivity contribution is -0.00256. The molecule has 0 aliphatic carbocycles. The molecule has 5 nitrogen and oxygen atoms in total. The van der Waals surface area contributed by atoms with Crippen LogP contribution in [-0.2, 0) is 4.74 Å². The minimum atomic E-state index is -1.21. The Labute approximate surface area is 63.8 Å². The van der Waals surface area contributed by atoms with Crippen molar-refractivity contribution < 1.29 is 25.2 Å². The van der Waals surface area contributed by atoms with Gasteiger partial charge < -0.3 is 25.2 Å². The highest BCUT2D eigenvalue weighted by Crippen LogP contribution is 2.23. The van der Waals surface area contributed by atoms with Gasteiger partial charge in [-0.15, -0.1) is 0 Å². The molecule has 4 N–H and O–H groups in total. The van der Waals surface area contributed by atoms with Crippen LogP contribution in [0.15, 0.2) is 0 Å². The van der Waals surface area contributed by atoms with Crippen LogP contribution < -0.4 is 0 Å². The van der Waals surface area contributed by atoms with E-state index in [0.717, 1.165) is 0 Å². The van der Waals surface area contributed by atoms with Crippen molar-refractivity contribution in [2.75, 3.05) is 13.2 Å². The van der Waals surface area contributed by atoms with E-state index in [0.29, 0.717) is 0 Å². The zero-order valence-electron chi connectivity index (χ0n) is 5.84. The molecule has 0 aromatic heterocycles. The fraction of sp³-hybridized carbons (Fsp3) is 0.833. The van der Waals surface area contributed by atoms with Crippen LogP contribution in [0.25, 0.3) is 0 Å². The Morgan fingerprint density at radius 1 is 1.55 bits per heavy atom. The van der Waals surface area contributed by atoms with Crippen LogP contribution in [-0.4, -0.2) is 52.0 Å². The van der Waals surface area contributed by atoms with Crippen LogP contribution in [0, 0.1) is 6.10 Å². The highest BCUT2D eigenvalue weighted by Gasteiger charge is 2.39. The Morgan fingerprint density at radius 3 is 2.55 bits per heavy atom. The van der Waals surface area contributed by atoms with Crippen molar-refractivity contribution in [2.24, 2.45) is 0 Å². The summed E-state index contributed by atoms with van der Waals surface area (Å²) in [6.45, 7) is -0.549. The van der Waals surface area contributed by atoms with Gasteiger partial charge in [0.25, 0.3) is 0 Å². The van der Waals surface area contributed by atoms with Gasteiger partial charge in [0.1, 0.15) is 18.3 Å². The maximum absolute atomic E-state index is 9.08. The molecule has 1 heterocycles. The summed E-state index contributed by atoms with van der Waals surface area (Å²) in [6, 6.07) is 0. The summed E-state index contributed by atoms with van der Waals surface area (Å²) in [7, 11) is 0. The zero-order valence-corrected chi connectivity index (χ0v) is 5.84. The quantitative estimate of drug-likeness (QED) is 0.365. The lowest BCUT2D eigenvalue weighted by Gasteiger charge is -2.17. The highest BCUT2D eigenvalue weighted by molar-refractivity contribution is 5.02. The molecule has 1 rings (SSSR count). The second-order valence-electron chi connectivity index (χ2n) is 2.42. The molecule has 0 spiro atoms. The molecule has 0 saturated carbocycles. The molecule has 1 radical (unpaired) electrons. The van der Waals surface area contributed by atoms with Crippen molar-refractivity contribution in [3.63, 3.8) is 0 Å². The van der Waals surface area contributed by atoms with Crippen LogP contribution in [0.4, 0.5) is 0 Å². The average molecular weight is 163 g/mol. The molecule has 0 amide bonds. The number of hydrogen-bond acceptors (Lipinski definition) is 5. The van der Waals surface area contributed by atoms with E-state index < -0.39 is 24.9 Å². The Morgan fingerprint density at radius 2 is 2.18 bits per heavy atom. The van der Waals surface area contributed by atoms with Crippen LogP contribution in [0.2, 0.25) is 0 Å². The predicted octanol–water partition coefficient (Wildman–Crippen LogP) is -2.38. The fourth-order valence-corrected chi connectivity index (χ4v) is 0.931. The summed E-state index contributed by atoms with van der Waals surface area (Å²) in [5.74, 6) is 0. The van der Waals surface area contributed by atoms with Gasteiger partial charge in [-0.25, -0.2) is 0 Å². The molecule has 0 aromatic rings. The molecule has 1 aliphatic rings. The largest absolute Gasteiger partial charge is 0.394 e. The maximum Gasteiger partial charge on any atom is 0.159 e. The monoisotopic (exact) mass is 163 g/mol. The Hall–Kier alpha value is -0.200. The third kappa shape index (κ3) is 1.69. The highest BCUT2D eigenvalue weighted by atomic mass is 16.5. The zero-order chi connectivity index (χ0) is 8.43. The molecule has 5 heteroatoms. The number of hydrogen-bond donors (Lipinski definition) is 4. The number of ether oxygens (including phenoxy) is 1. The maximum atomic E-state index is 9.08. The van der Waals surface area contributed by atoms with Crippen molar-refractivity contribution >= 4 is 0 Å². The van der Waals surface area contributed by atoms with E-state index in [9.17, 15) is 0 Å². The summed E-state index contributed by atoms with van der Waals surface area (Å²) in [4.78, 5) is 0. The topological polar surface area (TPSA) is 90.2 Å². The number of rotatable bonds is 2. The molecule has 11 heavy (non-hydrogen) atoms. The third-order valence-electron chi connectivity index (χ3n) is 1.58. The van der Waals surface area contributed by atoms with Crippen molar-refractivity contribution in [1.29, 1.82) is 0 Å². The smallest absolute Gasteiger partial charge is 0.159 e. The van der Waals surface area contributed by atoms with Gasteiger partial charge in [-0.05, 0) is 0 Å². The Balaban J connectivity index is 2.47.